The number of aryl methyl sites for hydroxylation is 1. The van der Waals surface area contributed by atoms with E-state index in [1.807, 2.05) is 19.3 Å². The number of anilines is 1. The fraction of sp³-hybridized carbons (Fsp3) is 0.222. The van der Waals surface area contributed by atoms with Gasteiger partial charge in [0.15, 0.2) is 5.82 Å². The van der Waals surface area contributed by atoms with Gasteiger partial charge in [-0.3, -0.25) is 9.48 Å². The lowest BCUT2D eigenvalue weighted by Gasteiger charge is -2.03. The third-order valence-corrected chi connectivity index (χ3v) is 2.35. The average molecular weight is 240 g/mol. The molecule has 0 amide bonds. The van der Waals surface area contributed by atoms with E-state index >= 15 is 0 Å². The summed E-state index contributed by atoms with van der Waals surface area (Å²) in [6, 6.07) is 1.87. The zero-order chi connectivity index (χ0) is 11.5. The molecular formula is C9H10ClN5O. The SMILES string of the molecule is Cn1ccc(CNc2nc[nH]c(=O)c2Cl)n1. The Kier molecular flexibility index (Phi) is 2.91. The van der Waals surface area contributed by atoms with Crippen LogP contribution in [-0.4, -0.2) is 19.7 Å². The molecule has 0 aromatic carbocycles. The number of aromatic nitrogens is 4. The number of hydrogen-bond donors (Lipinski definition) is 2. The van der Waals surface area contributed by atoms with Gasteiger partial charge in [0.05, 0.1) is 18.6 Å². The quantitative estimate of drug-likeness (QED) is 0.830. The molecule has 0 saturated carbocycles. The molecular weight excluding hydrogens is 230 g/mol. The van der Waals surface area contributed by atoms with Gasteiger partial charge in [0.25, 0.3) is 5.56 Å². The molecule has 0 aliphatic carbocycles. The Morgan fingerprint density at radius 1 is 1.62 bits per heavy atom. The Morgan fingerprint density at radius 3 is 3.12 bits per heavy atom. The maximum atomic E-state index is 11.2. The van der Waals surface area contributed by atoms with Crippen LogP contribution in [0.1, 0.15) is 5.69 Å². The minimum atomic E-state index is -0.361. The second-order valence-electron chi connectivity index (χ2n) is 3.23. The van der Waals surface area contributed by atoms with E-state index in [9.17, 15) is 4.79 Å². The van der Waals surface area contributed by atoms with Crippen molar-refractivity contribution < 1.29 is 0 Å². The summed E-state index contributed by atoms with van der Waals surface area (Å²) in [4.78, 5) is 17.5. The summed E-state index contributed by atoms with van der Waals surface area (Å²) in [5.41, 5.74) is 0.487. The zero-order valence-electron chi connectivity index (χ0n) is 8.57. The summed E-state index contributed by atoms with van der Waals surface area (Å²) in [6.45, 7) is 0.469. The van der Waals surface area contributed by atoms with Crippen LogP contribution in [0.4, 0.5) is 5.82 Å². The van der Waals surface area contributed by atoms with Gasteiger partial charge in [-0.15, -0.1) is 0 Å². The van der Waals surface area contributed by atoms with Crippen LogP contribution in [0.3, 0.4) is 0 Å². The van der Waals surface area contributed by atoms with Gasteiger partial charge in [0.1, 0.15) is 5.02 Å². The van der Waals surface area contributed by atoms with E-state index < -0.39 is 0 Å². The highest BCUT2D eigenvalue weighted by atomic mass is 35.5. The van der Waals surface area contributed by atoms with Crippen molar-refractivity contribution in [2.45, 2.75) is 6.54 Å². The Hall–Kier alpha value is -1.82. The van der Waals surface area contributed by atoms with Crippen LogP contribution in [0.5, 0.6) is 0 Å². The zero-order valence-corrected chi connectivity index (χ0v) is 9.32. The fourth-order valence-corrected chi connectivity index (χ4v) is 1.41. The largest absolute Gasteiger partial charge is 0.363 e. The maximum absolute atomic E-state index is 11.2. The first-order valence-electron chi connectivity index (χ1n) is 4.62. The molecule has 2 N–H and O–H groups in total. The van der Waals surface area contributed by atoms with Gasteiger partial charge in [-0.25, -0.2) is 4.98 Å². The number of halogens is 1. The third kappa shape index (κ3) is 2.22. The van der Waals surface area contributed by atoms with Gasteiger partial charge in [-0.1, -0.05) is 11.6 Å². The molecule has 2 heterocycles. The van der Waals surface area contributed by atoms with Crippen LogP contribution >= 0.6 is 11.6 Å². The molecule has 0 radical (unpaired) electrons. The minimum Gasteiger partial charge on any atom is -0.363 e. The van der Waals surface area contributed by atoms with Crippen molar-refractivity contribution in [3.05, 3.63) is 39.7 Å². The second kappa shape index (κ2) is 4.36. The third-order valence-electron chi connectivity index (χ3n) is 2.00. The van der Waals surface area contributed by atoms with Crippen molar-refractivity contribution in [3.63, 3.8) is 0 Å². The van der Waals surface area contributed by atoms with E-state index in [0.29, 0.717) is 12.4 Å². The fourth-order valence-electron chi connectivity index (χ4n) is 1.24. The lowest BCUT2D eigenvalue weighted by atomic mass is 10.4. The first kappa shape index (κ1) is 10.7. The van der Waals surface area contributed by atoms with Gasteiger partial charge in [0.2, 0.25) is 0 Å². The molecule has 0 fully saturated rings. The van der Waals surface area contributed by atoms with Crippen LogP contribution < -0.4 is 10.9 Å². The number of aromatic amines is 1. The van der Waals surface area contributed by atoms with Gasteiger partial charge in [-0.2, -0.15) is 5.10 Å². The van der Waals surface area contributed by atoms with Crippen molar-refractivity contribution in [1.82, 2.24) is 19.7 Å². The average Bonchev–Trinajstić information content (AvgIpc) is 2.67. The van der Waals surface area contributed by atoms with Crippen molar-refractivity contribution in [3.8, 4) is 0 Å². The number of nitrogens with one attached hydrogen (secondary N) is 2. The minimum absolute atomic E-state index is 0.0541. The van der Waals surface area contributed by atoms with Crippen LogP contribution in [0.2, 0.25) is 5.02 Å². The highest BCUT2D eigenvalue weighted by Gasteiger charge is 2.05. The molecule has 0 aliphatic heterocycles. The molecule has 0 spiro atoms. The molecule has 6 nitrogen and oxygen atoms in total. The van der Waals surface area contributed by atoms with Gasteiger partial charge in [-0.05, 0) is 6.07 Å². The molecule has 16 heavy (non-hydrogen) atoms. The summed E-state index contributed by atoms with van der Waals surface area (Å²) in [6.07, 6.45) is 3.14. The Morgan fingerprint density at radius 2 is 2.44 bits per heavy atom. The number of hydrogen-bond acceptors (Lipinski definition) is 4. The molecule has 0 saturated heterocycles. The highest BCUT2D eigenvalue weighted by Crippen LogP contribution is 2.12. The van der Waals surface area contributed by atoms with E-state index in [2.05, 4.69) is 20.4 Å². The van der Waals surface area contributed by atoms with Crippen molar-refractivity contribution in [2.24, 2.45) is 7.05 Å². The van der Waals surface area contributed by atoms with E-state index in [-0.39, 0.29) is 10.6 Å². The first-order valence-corrected chi connectivity index (χ1v) is 5.00. The normalized spacial score (nSPS) is 10.4. The molecule has 0 atom stereocenters. The topological polar surface area (TPSA) is 75.6 Å². The van der Waals surface area contributed by atoms with Crippen molar-refractivity contribution in [1.29, 1.82) is 0 Å². The summed E-state index contributed by atoms with van der Waals surface area (Å²) in [7, 11) is 1.84. The van der Waals surface area contributed by atoms with Gasteiger partial charge >= 0.3 is 0 Å². The van der Waals surface area contributed by atoms with Crippen molar-refractivity contribution in [2.75, 3.05) is 5.32 Å². The summed E-state index contributed by atoms with van der Waals surface area (Å²) < 4.78 is 1.70. The molecule has 2 rings (SSSR count). The standard InChI is InChI=1S/C9H10ClN5O/c1-15-3-2-6(14-15)4-11-8-7(10)9(16)13-5-12-8/h2-3,5H,4H2,1H3,(H2,11,12,13,16). The highest BCUT2D eigenvalue weighted by molar-refractivity contribution is 6.32. The molecule has 7 heteroatoms. The summed E-state index contributed by atoms with van der Waals surface area (Å²) >= 11 is 5.77. The summed E-state index contributed by atoms with van der Waals surface area (Å²) in [5.74, 6) is 0.357. The Balaban J connectivity index is 2.10. The van der Waals surface area contributed by atoms with Crippen LogP contribution in [0.25, 0.3) is 0 Å². The monoisotopic (exact) mass is 239 g/mol. The van der Waals surface area contributed by atoms with E-state index in [1.165, 1.54) is 6.33 Å². The predicted molar refractivity (Wildman–Crippen MR) is 60.4 cm³/mol. The first-order chi connectivity index (χ1) is 7.66. The number of H-pyrrole nitrogens is 1. The van der Waals surface area contributed by atoms with Crippen molar-refractivity contribution >= 4 is 17.4 Å². The Bertz CT molecular complexity index is 547. The van der Waals surface area contributed by atoms with Crippen LogP contribution in [0.15, 0.2) is 23.4 Å². The number of rotatable bonds is 3. The van der Waals surface area contributed by atoms with E-state index in [1.54, 1.807) is 4.68 Å². The Labute approximate surface area is 96.3 Å². The number of nitrogens with zero attached hydrogens (tertiary/aromatic N) is 3. The second-order valence-corrected chi connectivity index (χ2v) is 3.61. The summed E-state index contributed by atoms with van der Waals surface area (Å²) in [5, 5.41) is 7.17. The molecule has 84 valence electrons. The lowest BCUT2D eigenvalue weighted by molar-refractivity contribution is 0.747. The lowest BCUT2D eigenvalue weighted by Crippen LogP contribution is -2.11. The van der Waals surface area contributed by atoms with E-state index in [0.717, 1.165) is 5.69 Å². The van der Waals surface area contributed by atoms with Crippen LogP contribution in [-0.2, 0) is 13.6 Å². The smallest absolute Gasteiger partial charge is 0.271 e. The molecule has 2 aromatic heterocycles. The van der Waals surface area contributed by atoms with Crippen LogP contribution in [0, 0.1) is 0 Å². The van der Waals surface area contributed by atoms with E-state index in [4.69, 9.17) is 11.6 Å². The molecule has 0 aliphatic rings. The van der Waals surface area contributed by atoms with Gasteiger partial charge < -0.3 is 10.3 Å². The molecule has 2 aromatic rings. The van der Waals surface area contributed by atoms with Gasteiger partial charge in [0, 0.05) is 13.2 Å². The molecule has 0 unspecified atom stereocenters. The molecule has 0 bridgehead atoms. The maximum Gasteiger partial charge on any atom is 0.271 e. The predicted octanol–water partition coefficient (Wildman–Crippen LogP) is 0.769.